The van der Waals surface area contributed by atoms with Crippen molar-refractivity contribution in [3.8, 4) is 0 Å². The van der Waals surface area contributed by atoms with Gasteiger partial charge in [-0.15, -0.1) is 0 Å². The lowest BCUT2D eigenvalue weighted by molar-refractivity contribution is 0.261. The van der Waals surface area contributed by atoms with Crippen LogP contribution in [0.25, 0.3) is 0 Å². The number of nitrogens with two attached hydrogens (primary N) is 1. The molecule has 4 nitrogen and oxygen atoms in total. The Hall–Kier alpha value is -0.430. The van der Waals surface area contributed by atoms with Gasteiger partial charge in [-0.3, -0.25) is 0 Å². The van der Waals surface area contributed by atoms with E-state index in [2.05, 4.69) is 22.9 Å². The van der Waals surface area contributed by atoms with E-state index in [0.29, 0.717) is 34.9 Å². The second kappa shape index (κ2) is 6.56. The molecule has 0 spiro atoms. The van der Waals surface area contributed by atoms with E-state index in [1.807, 2.05) is 0 Å². The van der Waals surface area contributed by atoms with Crippen molar-refractivity contribution in [2.45, 2.75) is 37.6 Å². The van der Waals surface area contributed by atoms with E-state index in [1.165, 1.54) is 0 Å². The maximum Gasteiger partial charge on any atom is 0.244 e. The second-order valence-corrected chi connectivity index (χ2v) is 8.01. The van der Waals surface area contributed by atoms with Gasteiger partial charge in [-0.1, -0.05) is 19.4 Å². The Labute approximate surface area is 129 Å². The molecule has 1 aliphatic heterocycles. The van der Waals surface area contributed by atoms with Crippen molar-refractivity contribution >= 4 is 26.0 Å². The summed E-state index contributed by atoms with van der Waals surface area (Å²) < 4.78 is 27.7. The van der Waals surface area contributed by atoms with E-state index < -0.39 is 10.0 Å². The summed E-state index contributed by atoms with van der Waals surface area (Å²) in [4.78, 5) is 0.339. The Morgan fingerprint density at radius 1 is 1.45 bits per heavy atom. The standard InChI is InChI=1S/C14H21BrN2O2S/c1-2-11-4-3-7-17(10-11)20(18,19)14-6-5-12(9-16)8-13(14)15/h5-6,8,11H,2-4,7,9-10,16H2,1H3. The normalized spacial score (nSPS) is 21.1. The third-order valence-corrected chi connectivity index (χ3v) is 6.75. The lowest BCUT2D eigenvalue weighted by Gasteiger charge is -2.31. The Bertz CT molecular complexity index is 575. The van der Waals surface area contributed by atoms with Crippen LogP contribution >= 0.6 is 15.9 Å². The van der Waals surface area contributed by atoms with Crippen LogP contribution in [0.15, 0.2) is 27.6 Å². The fourth-order valence-corrected chi connectivity index (χ4v) is 5.24. The van der Waals surface area contributed by atoms with Gasteiger partial charge in [0, 0.05) is 24.1 Å². The van der Waals surface area contributed by atoms with Gasteiger partial charge in [0.15, 0.2) is 0 Å². The first kappa shape index (κ1) is 15.9. The van der Waals surface area contributed by atoms with E-state index >= 15 is 0 Å². The van der Waals surface area contributed by atoms with E-state index in [0.717, 1.165) is 24.8 Å². The number of benzene rings is 1. The van der Waals surface area contributed by atoms with Crippen LogP contribution in [0.3, 0.4) is 0 Å². The molecule has 6 heteroatoms. The summed E-state index contributed by atoms with van der Waals surface area (Å²) in [6, 6.07) is 5.21. The molecular weight excluding hydrogens is 340 g/mol. The fourth-order valence-electron chi connectivity index (χ4n) is 2.60. The zero-order valence-corrected chi connectivity index (χ0v) is 14.1. The Morgan fingerprint density at radius 3 is 2.80 bits per heavy atom. The van der Waals surface area contributed by atoms with Crippen LogP contribution in [0.2, 0.25) is 0 Å². The average Bonchev–Trinajstić information content (AvgIpc) is 2.46. The highest BCUT2D eigenvalue weighted by Crippen LogP contribution is 2.29. The molecule has 1 aromatic rings. The Balaban J connectivity index is 2.30. The molecule has 1 atom stereocenters. The van der Waals surface area contributed by atoms with E-state index in [4.69, 9.17) is 5.73 Å². The predicted octanol–water partition coefficient (Wildman–Crippen LogP) is 2.72. The first-order valence-corrected chi connectivity index (χ1v) is 9.21. The minimum Gasteiger partial charge on any atom is -0.326 e. The van der Waals surface area contributed by atoms with Crippen LogP contribution in [-0.4, -0.2) is 25.8 Å². The predicted molar refractivity (Wildman–Crippen MR) is 83.8 cm³/mol. The van der Waals surface area contributed by atoms with Gasteiger partial charge in [-0.25, -0.2) is 8.42 Å². The lowest BCUT2D eigenvalue weighted by Crippen LogP contribution is -2.39. The molecule has 0 aliphatic carbocycles. The zero-order chi connectivity index (χ0) is 14.8. The molecule has 0 aromatic heterocycles. The maximum absolute atomic E-state index is 12.7. The summed E-state index contributed by atoms with van der Waals surface area (Å²) in [5, 5.41) is 0. The Morgan fingerprint density at radius 2 is 2.20 bits per heavy atom. The van der Waals surface area contributed by atoms with Crippen LogP contribution in [0.4, 0.5) is 0 Å². The van der Waals surface area contributed by atoms with Crippen LogP contribution in [0.1, 0.15) is 31.7 Å². The van der Waals surface area contributed by atoms with Gasteiger partial charge in [0.25, 0.3) is 0 Å². The highest BCUT2D eigenvalue weighted by atomic mass is 79.9. The second-order valence-electron chi connectivity index (χ2n) is 5.25. The summed E-state index contributed by atoms with van der Waals surface area (Å²) >= 11 is 3.36. The molecule has 1 fully saturated rings. The first-order chi connectivity index (χ1) is 9.48. The SMILES string of the molecule is CCC1CCCN(S(=O)(=O)c2ccc(CN)cc2Br)C1. The molecule has 0 bridgehead atoms. The largest absolute Gasteiger partial charge is 0.326 e. The van der Waals surface area contributed by atoms with Crippen molar-refractivity contribution in [2.75, 3.05) is 13.1 Å². The van der Waals surface area contributed by atoms with Crippen molar-refractivity contribution in [3.05, 3.63) is 28.2 Å². The molecule has 1 saturated heterocycles. The molecule has 1 aromatic carbocycles. The number of piperidine rings is 1. The maximum atomic E-state index is 12.7. The van der Waals surface area contributed by atoms with Crippen LogP contribution in [-0.2, 0) is 16.6 Å². The van der Waals surface area contributed by atoms with Crippen molar-refractivity contribution < 1.29 is 8.42 Å². The van der Waals surface area contributed by atoms with Crippen molar-refractivity contribution in [3.63, 3.8) is 0 Å². The molecule has 2 rings (SSSR count). The van der Waals surface area contributed by atoms with Crippen molar-refractivity contribution in [1.29, 1.82) is 0 Å². The van der Waals surface area contributed by atoms with Gasteiger partial charge in [-0.05, 0) is 52.4 Å². The van der Waals surface area contributed by atoms with Gasteiger partial charge in [0.1, 0.15) is 0 Å². The average molecular weight is 361 g/mol. The molecule has 0 saturated carbocycles. The third kappa shape index (κ3) is 3.24. The fraction of sp³-hybridized carbons (Fsp3) is 0.571. The van der Waals surface area contributed by atoms with E-state index in [9.17, 15) is 8.42 Å². The molecule has 0 radical (unpaired) electrons. The monoisotopic (exact) mass is 360 g/mol. The van der Waals surface area contributed by atoms with Crippen LogP contribution < -0.4 is 5.73 Å². The lowest BCUT2D eigenvalue weighted by atomic mass is 9.97. The topological polar surface area (TPSA) is 63.4 Å². The molecule has 0 amide bonds. The number of hydrogen-bond acceptors (Lipinski definition) is 3. The van der Waals surface area contributed by atoms with E-state index in [1.54, 1.807) is 22.5 Å². The van der Waals surface area contributed by atoms with Gasteiger partial charge >= 0.3 is 0 Å². The van der Waals surface area contributed by atoms with Crippen LogP contribution in [0, 0.1) is 5.92 Å². The number of hydrogen-bond donors (Lipinski definition) is 1. The minimum absolute atomic E-state index is 0.339. The summed E-state index contributed by atoms with van der Waals surface area (Å²) in [6.45, 7) is 3.77. The molecule has 1 heterocycles. The summed E-state index contributed by atoms with van der Waals surface area (Å²) in [6.07, 6.45) is 3.09. The molecule has 112 valence electrons. The zero-order valence-electron chi connectivity index (χ0n) is 11.7. The molecule has 20 heavy (non-hydrogen) atoms. The summed E-state index contributed by atoms with van der Waals surface area (Å²) in [7, 11) is -3.42. The quantitative estimate of drug-likeness (QED) is 0.897. The van der Waals surface area contributed by atoms with Gasteiger partial charge in [0.2, 0.25) is 10.0 Å². The molecule has 1 unspecified atom stereocenters. The third-order valence-electron chi connectivity index (χ3n) is 3.91. The highest BCUT2D eigenvalue weighted by Gasteiger charge is 2.30. The molecule has 2 N–H and O–H groups in total. The van der Waals surface area contributed by atoms with Gasteiger partial charge in [0.05, 0.1) is 4.90 Å². The minimum atomic E-state index is -3.42. The summed E-state index contributed by atoms with van der Waals surface area (Å²) in [5.41, 5.74) is 6.49. The van der Waals surface area contributed by atoms with Crippen LogP contribution in [0.5, 0.6) is 0 Å². The van der Waals surface area contributed by atoms with Gasteiger partial charge in [-0.2, -0.15) is 4.31 Å². The number of rotatable bonds is 4. The number of sulfonamides is 1. The first-order valence-electron chi connectivity index (χ1n) is 6.97. The number of halogens is 1. The molecule has 1 aliphatic rings. The smallest absolute Gasteiger partial charge is 0.244 e. The Kier molecular flexibility index (Phi) is 5.23. The molecular formula is C14H21BrN2O2S. The number of nitrogens with zero attached hydrogens (tertiary/aromatic N) is 1. The summed E-state index contributed by atoms with van der Waals surface area (Å²) in [5.74, 6) is 0.473. The van der Waals surface area contributed by atoms with E-state index in [-0.39, 0.29) is 0 Å². The highest BCUT2D eigenvalue weighted by molar-refractivity contribution is 9.10. The van der Waals surface area contributed by atoms with Crippen molar-refractivity contribution in [1.82, 2.24) is 4.31 Å². The van der Waals surface area contributed by atoms with Crippen molar-refractivity contribution in [2.24, 2.45) is 11.7 Å². The van der Waals surface area contributed by atoms with Gasteiger partial charge < -0.3 is 5.73 Å².